The number of carbonyl (C=O) groups is 1. The smallest absolute Gasteiger partial charge is 0.237 e. The zero-order chi connectivity index (χ0) is 18.4. The fourth-order valence-corrected chi connectivity index (χ4v) is 3.88. The normalized spacial score (nSPS) is 11.8. The second kappa shape index (κ2) is 9.04. The Morgan fingerprint density at radius 3 is 2.80 bits per heavy atom. The summed E-state index contributed by atoms with van der Waals surface area (Å²) in [6.45, 7) is 6.86. The number of nitrogens with zero attached hydrogens (tertiary/aromatic N) is 3. The number of aromatic nitrogens is 2. The van der Waals surface area contributed by atoms with Crippen molar-refractivity contribution in [3.8, 4) is 6.07 Å². The molecule has 9 heteroatoms. The zero-order valence-corrected chi connectivity index (χ0v) is 16.4. The van der Waals surface area contributed by atoms with Crippen LogP contribution in [0, 0.1) is 17.2 Å². The van der Waals surface area contributed by atoms with Crippen molar-refractivity contribution in [3.05, 3.63) is 28.8 Å². The van der Waals surface area contributed by atoms with Gasteiger partial charge in [-0.25, -0.2) is 0 Å². The number of amides is 1. The van der Waals surface area contributed by atoms with Crippen LogP contribution in [0.15, 0.2) is 22.5 Å². The van der Waals surface area contributed by atoms with E-state index in [0.717, 1.165) is 16.0 Å². The summed E-state index contributed by atoms with van der Waals surface area (Å²) in [4.78, 5) is 12.3. The van der Waals surface area contributed by atoms with E-state index in [9.17, 15) is 4.79 Å². The van der Waals surface area contributed by atoms with Crippen LogP contribution in [-0.2, 0) is 4.79 Å². The van der Waals surface area contributed by atoms with Crippen molar-refractivity contribution < 1.29 is 4.79 Å². The van der Waals surface area contributed by atoms with Crippen LogP contribution >= 0.6 is 34.7 Å². The molecule has 1 aromatic heterocycles. The molecular weight excluding hydrogens is 378 g/mol. The molecule has 0 saturated carbocycles. The fraction of sp³-hybridized carbons (Fsp3) is 0.375. The number of anilines is 2. The molecule has 1 aromatic carbocycles. The van der Waals surface area contributed by atoms with Gasteiger partial charge in [0, 0.05) is 12.2 Å². The lowest BCUT2D eigenvalue weighted by Gasteiger charge is -2.10. The Balaban J connectivity index is 1.92. The third-order valence-electron chi connectivity index (χ3n) is 3.07. The van der Waals surface area contributed by atoms with Crippen LogP contribution in [0.5, 0.6) is 0 Å². The first-order valence-electron chi connectivity index (χ1n) is 7.63. The van der Waals surface area contributed by atoms with Crippen LogP contribution in [0.3, 0.4) is 0 Å². The van der Waals surface area contributed by atoms with Gasteiger partial charge in [0.2, 0.25) is 11.0 Å². The second-order valence-electron chi connectivity index (χ2n) is 5.70. The van der Waals surface area contributed by atoms with Crippen molar-refractivity contribution in [3.63, 3.8) is 0 Å². The number of nitrogens with one attached hydrogen (secondary N) is 2. The van der Waals surface area contributed by atoms with Crippen LogP contribution in [-0.4, -0.2) is 27.9 Å². The van der Waals surface area contributed by atoms with Crippen molar-refractivity contribution in [1.29, 1.82) is 5.26 Å². The Morgan fingerprint density at radius 1 is 1.40 bits per heavy atom. The van der Waals surface area contributed by atoms with Gasteiger partial charge in [-0.2, -0.15) is 5.26 Å². The molecule has 25 heavy (non-hydrogen) atoms. The third kappa shape index (κ3) is 5.88. The van der Waals surface area contributed by atoms with Gasteiger partial charge in [-0.1, -0.05) is 48.5 Å². The van der Waals surface area contributed by atoms with Gasteiger partial charge in [-0.15, -0.1) is 10.2 Å². The molecule has 132 valence electrons. The van der Waals surface area contributed by atoms with E-state index in [2.05, 4.69) is 34.7 Å². The van der Waals surface area contributed by atoms with Crippen LogP contribution < -0.4 is 10.6 Å². The van der Waals surface area contributed by atoms with E-state index in [1.807, 2.05) is 6.07 Å². The topological polar surface area (TPSA) is 90.7 Å². The minimum Gasteiger partial charge on any atom is -0.360 e. The lowest BCUT2D eigenvalue weighted by molar-refractivity contribution is -0.115. The van der Waals surface area contributed by atoms with Crippen molar-refractivity contribution in [2.75, 3.05) is 17.2 Å². The van der Waals surface area contributed by atoms with Crippen LogP contribution in [0.4, 0.5) is 10.8 Å². The predicted molar refractivity (Wildman–Crippen MR) is 103 cm³/mol. The van der Waals surface area contributed by atoms with Crippen molar-refractivity contribution in [1.82, 2.24) is 10.2 Å². The molecule has 0 fully saturated rings. The Morgan fingerprint density at radius 2 is 2.16 bits per heavy atom. The molecule has 1 amide bonds. The third-order valence-corrected chi connectivity index (χ3v) is 5.45. The summed E-state index contributed by atoms with van der Waals surface area (Å²) in [6.07, 6.45) is 0. The summed E-state index contributed by atoms with van der Waals surface area (Å²) in [5, 5.41) is 23.8. The number of carbonyl (C=O) groups excluding carboxylic acids is 1. The molecule has 0 aliphatic rings. The van der Waals surface area contributed by atoms with E-state index in [1.165, 1.54) is 23.1 Å². The highest BCUT2D eigenvalue weighted by Gasteiger charge is 2.18. The average Bonchev–Trinajstić information content (AvgIpc) is 3.00. The minimum atomic E-state index is -0.347. The lowest BCUT2D eigenvalue weighted by atomic mass is 10.2. The van der Waals surface area contributed by atoms with Gasteiger partial charge in [0.25, 0.3) is 0 Å². The SMILES string of the molecule is CC(C)CNc1nnc(SC(C)C(=O)Nc2ccc(C#N)c(Cl)c2)s1. The van der Waals surface area contributed by atoms with Gasteiger partial charge >= 0.3 is 0 Å². The van der Waals surface area contributed by atoms with E-state index in [1.54, 1.807) is 25.1 Å². The molecule has 0 spiro atoms. The van der Waals surface area contributed by atoms with Gasteiger partial charge in [0.15, 0.2) is 4.34 Å². The summed E-state index contributed by atoms with van der Waals surface area (Å²) < 4.78 is 0.728. The van der Waals surface area contributed by atoms with Crippen molar-refractivity contribution in [2.45, 2.75) is 30.4 Å². The molecule has 2 aromatic rings. The predicted octanol–water partition coefficient (Wildman–Crippen LogP) is 4.25. The maximum Gasteiger partial charge on any atom is 0.237 e. The monoisotopic (exact) mass is 395 g/mol. The Bertz CT molecular complexity index is 787. The standard InChI is InChI=1S/C16H18ClN5OS2/c1-9(2)8-19-15-21-22-16(25-15)24-10(3)14(23)20-12-5-4-11(7-18)13(17)6-12/h4-6,9-10H,8H2,1-3H3,(H,19,21)(H,20,23). The molecule has 0 aliphatic heterocycles. The second-order valence-corrected chi connectivity index (χ2v) is 8.68. The largest absolute Gasteiger partial charge is 0.360 e. The highest BCUT2D eigenvalue weighted by atomic mass is 35.5. The number of benzene rings is 1. The summed E-state index contributed by atoms with van der Waals surface area (Å²) in [5.41, 5.74) is 0.926. The molecule has 2 rings (SSSR count). The zero-order valence-electron chi connectivity index (χ0n) is 14.0. The molecule has 0 aliphatic carbocycles. The van der Waals surface area contributed by atoms with E-state index < -0.39 is 0 Å². The molecule has 0 saturated heterocycles. The van der Waals surface area contributed by atoms with E-state index in [-0.39, 0.29) is 11.2 Å². The first kappa shape index (κ1) is 19.5. The fourth-order valence-electron chi connectivity index (χ4n) is 1.75. The summed E-state index contributed by atoms with van der Waals surface area (Å²) in [7, 11) is 0. The van der Waals surface area contributed by atoms with Gasteiger partial charge in [0.05, 0.1) is 15.8 Å². The van der Waals surface area contributed by atoms with Crippen molar-refractivity contribution in [2.24, 2.45) is 5.92 Å². The number of halogens is 1. The number of nitriles is 1. The van der Waals surface area contributed by atoms with Gasteiger partial charge < -0.3 is 10.6 Å². The Kier molecular flexibility index (Phi) is 7.05. The molecular formula is C16H18ClN5OS2. The van der Waals surface area contributed by atoms with E-state index >= 15 is 0 Å². The first-order valence-corrected chi connectivity index (χ1v) is 9.71. The van der Waals surface area contributed by atoms with Crippen LogP contribution in [0.1, 0.15) is 26.3 Å². The molecule has 1 heterocycles. The Labute approximate surface area is 160 Å². The van der Waals surface area contributed by atoms with Gasteiger partial charge in [0.1, 0.15) is 6.07 Å². The van der Waals surface area contributed by atoms with E-state index in [4.69, 9.17) is 16.9 Å². The molecule has 1 atom stereocenters. The van der Waals surface area contributed by atoms with Gasteiger partial charge in [-0.05, 0) is 31.0 Å². The minimum absolute atomic E-state index is 0.169. The van der Waals surface area contributed by atoms with Crippen LogP contribution in [0.2, 0.25) is 5.02 Å². The summed E-state index contributed by atoms with van der Waals surface area (Å²) in [5.74, 6) is 0.349. The Hall–Kier alpha value is -1.82. The molecule has 0 radical (unpaired) electrons. The van der Waals surface area contributed by atoms with Crippen molar-refractivity contribution >= 4 is 51.4 Å². The highest BCUT2D eigenvalue weighted by molar-refractivity contribution is 8.02. The number of rotatable bonds is 7. The number of thioether (sulfide) groups is 1. The first-order chi connectivity index (χ1) is 11.9. The molecule has 2 N–H and O–H groups in total. The van der Waals surface area contributed by atoms with Crippen LogP contribution in [0.25, 0.3) is 0 Å². The van der Waals surface area contributed by atoms with Gasteiger partial charge in [-0.3, -0.25) is 4.79 Å². The maximum atomic E-state index is 12.3. The maximum absolute atomic E-state index is 12.3. The molecule has 0 bridgehead atoms. The number of hydrogen-bond donors (Lipinski definition) is 2. The number of hydrogen-bond acceptors (Lipinski definition) is 7. The average molecular weight is 396 g/mol. The summed E-state index contributed by atoms with van der Waals surface area (Å²) in [6, 6.07) is 6.77. The molecule has 6 nitrogen and oxygen atoms in total. The summed E-state index contributed by atoms with van der Waals surface area (Å²) >= 11 is 8.75. The van der Waals surface area contributed by atoms with E-state index in [0.29, 0.717) is 22.2 Å². The lowest BCUT2D eigenvalue weighted by Crippen LogP contribution is -2.22. The molecule has 1 unspecified atom stereocenters. The highest BCUT2D eigenvalue weighted by Crippen LogP contribution is 2.30. The quantitative estimate of drug-likeness (QED) is 0.681.